The van der Waals surface area contributed by atoms with Gasteiger partial charge in [-0.1, -0.05) is 36.7 Å². The predicted octanol–water partition coefficient (Wildman–Crippen LogP) is 3.24. The third-order valence-electron chi connectivity index (χ3n) is 3.68. The van der Waals surface area contributed by atoms with Gasteiger partial charge in [0.1, 0.15) is 0 Å². The molecule has 0 spiro atoms. The van der Waals surface area contributed by atoms with Crippen molar-refractivity contribution in [1.29, 1.82) is 0 Å². The van der Waals surface area contributed by atoms with Crippen molar-refractivity contribution in [3.63, 3.8) is 0 Å². The van der Waals surface area contributed by atoms with E-state index in [2.05, 4.69) is 0 Å². The first-order valence-electron chi connectivity index (χ1n) is 6.64. The Morgan fingerprint density at radius 2 is 2.21 bits per heavy atom. The van der Waals surface area contributed by atoms with Crippen LogP contribution in [0.5, 0.6) is 0 Å². The number of esters is 1. The van der Waals surface area contributed by atoms with Crippen LogP contribution in [0.2, 0.25) is 5.02 Å². The van der Waals surface area contributed by atoms with Crippen LogP contribution < -0.4 is 0 Å². The standard InChI is InChI=1S/C15H19ClO3/c1-3-18-14(17)15(10-19-15)11(2)8-9-12-6-4-5-7-13(12)16/h4-7,11H,3,8-10H2,1-2H3. The van der Waals surface area contributed by atoms with Crippen molar-refractivity contribution < 1.29 is 14.3 Å². The van der Waals surface area contributed by atoms with Crippen molar-refractivity contribution in [2.75, 3.05) is 13.2 Å². The maximum Gasteiger partial charge on any atom is 0.341 e. The summed E-state index contributed by atoms with van der Waals surface area (Å²) in [5.41, 5.74) is 0.396. The van der Waals surface area contributed by atoms with Gasteiger partial charge in [-0.3, -0.25) is 0 Å². The summed E-state index contributed by atoms with van der Waals surface area (Å²) in [4.78, 5) is 11.9. The van der Waals surface area contributed by atoms with E-state index in [4.69, 9.17) is 21.1 Å². The molecule has 0 amide bonds. The monoisotopic (exact) mass is 282 g/mol. The molecule has 1 saturated heterocycles. The molecule has 0 N–H and O–H groups in total. The average molecular weight is 283 g/mol. The second kappa shape index (κ2) is 5.93. The topological polar surface area (TPSA) is 38.8 Å². The van der Waals surface area contributed by atoms with Crippen LogP contribution in [0, 0.1) is 5.92 Å². The lowest BCUT2D eigenvalue weighted by Crippen LogP contribution is -2.34. The minimum absolute atomic E-state index is 0.128. The Bertz CT molecular complexity index is 454. The summed E-state index contributed by atoms with van der Waals surface area (Å²) < 4.78 is 10.5. The molecule has 1 fully saturated rings. The number of rotatable bonds is 6. The summed E-state index contributed by atoms with van der Waals surface area (Å²) in [7, 11) is 0. The molecule has 19 heavy (non-hydrogen) atoms. The maximum absolute atomic E-state index is 11.9. The Hall–Kier alpha value is -1.06. The van der Waals surface area contributed by atoms with Crippen molar-refractivity contribution in [2.24, 2.45) is 5.92 Å². The molecule has 1 aliphatic heterocycles. The van der Waals surface area contributed by atoms with E-state index in [-0.39, 0.29) is 11.9 Å². The number of halogens is 1. The fourth-order valence-electron chi connectivity index (χ4n) is 2.24. The summed E-state index contributed by atoms with van der Waals surface area (Å²) in [5, 5.41) is 0.775. The maximum atomic E-state index is 11.9. The van der Waals surface area contributed by atoms with Crippen LogP contribution in [-0.2, 0) is 20.7 Å². The summed E-state index contributed by atoms with van der Waals surface area (Å²) in [5.74, 6) is -0.107. The lowest BCUT2D eigenvalue weighted by atomic mass is 9.89. The zero-order chi connectivity index (χ0) is 13.9. The summed E-state index contributed by atoms with van der Waals surface area (Å²) in [6.45, 7) is 4.69. The molecule has 3 nitrogen and oxygen atoms in total. The molecule has 2 unspecified atom stereocenters. The molecule has 0 aliphatic carbocycles. The number of carbonyl (C=O) groups excluding carboxylic acids is 1. The van der Waals surface area contributed by atoms with Crippen molar-refractivity contribution in [1.82, 2.24) is 0 Å². The third kappa shape index (κ3) is 3.10. The Labute approximate surface area is 118 Å². The minimum Gasteiger partial charge on any atom is -0.464 e. The summed E-state index contributed by atoms with van der Waals surface area (Å²) in [6, 6.07) is 7.79. The van der Waals surface area contributed by atoms with E-state index < -0.39 is 5.60 Å². The highest BCUT2D eigenvalue weighted by atomic mass is 35.5. The second-order valence-corrected chi connectivity index (χ2v) is 5.34. The highest BCUT2D eigenvalue weighted by molar-refractivity contribution is 6.31. The van der Waals surface area contributed by atoms with Gasteiger partial charge in [0.05, 0.1) is 13.2 Å². The quantitative estimate of drug-likeness (QED) is 0.594. The first-order valence-corrected chi connectivity index (χ1v) is 7.02. The molecule has 1 aromatic rings. The van der Waals surface area contributed by atoms with Gasteiger partial charge in [0.15, 0.2) is 5.60 Å². The number of ether oxygens (including phenoxy) is 2. The van der Waals surface area contributed by atoms with E-state index in [1.54, 1.807) is 0 Å². The van der Waals surface area contributed by atoms with Crippen LogP contribution >= 0.6 is 11.6 Å². The SMILES string of the molecule is CCOC(=O)C1(C(C)CCc2ccccc2Cl)CO1. The fourth-order valence-corrected chi connectivity index (χ4v) is 2.47. The summed E-state index contributed by atoms with van der Waals surface area (Å²) >= 11 is 6.13. The minimum atomic E-state index is -0.711. The zero-order valence-electron chi connectivity index (χ0n) is 11.3. The molecule has 1 aromatic carbocycles. The lowest BCUT2D eigenvalue weighted by molar-refractivity contribution is -0.151. The van der Waals surface area contributed by atoms with Crippen molar-refractivity contribution in [3.8, 4) is 0 Å². The molecule has 0 radical (unpaired) electrons. The van der Waals surface area contributed by atoms with Gasteiger partial charge in [0, 0.05) is 5.02 Å². The molecule has 1 aliphatic rings. The fraction of sp³-hybridized carbons (Fsp3) is 0.533. The van der Waals surface area contributed by atoms with Crippen LogP contribution in [0.15, 0.2) is 24.3 Å². The van der Waals surface area contributed by atoms with Crippen LogP contribution in [0.3, 0.4) is 0 Å². The molecule has 1 heterocycles. The van der Waals surface area contributed by atoms with Gasteiger partial charge in [-0.05, 0) is 37.3 Å². The van der Waals surface area contributed by atoms with E-state index >= 15 is 0 Å². The van der Waals surface area contributed by atoms with E-state index in [0.29, 0.717) is 13.2 Å². The Morgan fingerprint density at radius 3 is 2.79 bits per heavy atom. The molecular weight excluding hydrogens is 264 g/mol. The molecular formula is C15H19ClO3. The molecule has 0 bridgehead atoms. The van der Waals surface area contributed by atoms with Crippen LogP contribution in [0.4, 0.5) is 0 Å². The highest BCUT2D eigenvalue weighted by Gasteiger charge is 2.57. The molecule has 2 atom stereocenters. The Balaban J connectivity index is 1.93. The second-order valence-electron chi connectivity index (χ2n) is 4.93. The lowest BCUT2D eigenvalue weighted by Gasteiger charge is -2.18. The van der Waals surface area contributed by atoms with Crippen molar-refractivity contribution >= 4 is 17.6 Å². The van der Waals surface area contributed by atoms with Gasteiger partial charge in [0.25, 0.3) is 0 Å². The first kappa shape index (κ1) is 14.4. The average Bonchev–Trinajstić information content (AvgIpc) is 3.19. The first-order chi connectivity index (χ1) is 9.10. The van der Waals surface area contributed by atoms with Gasteiger partial charge in [0.2, 0.25) is 0 Å². The van der Waals surface area contributed by atoms with Crippen LogP contribution in [0.1, 0.15) is 25.8 Å². The number of epoxide rings is 1. The van der Waals surface area contributed by atoms with E-state index in [1.807, 2.05) is 38.1 Å². The van der Waals surface area contributed by atoms with Gasteiger partial charge in [-0.15, -0.1) is 0 Å². The third-order valence-corrected chi connectivity index (χ3v) is 4.05. The number of benzene rings is 1. The van der Waals surface area contributed by atoms with Gasteiger partial charge >= 0.3 is 5.97 Å². The number of hydrogen-bond acceptors (Lipinski definition) is 3. The largest absolute Gasteiger partial charge is 0.464 e. The number of aryl methyl sites for hydroxylation is 1. The van der Waals surface area contributed by atoms with Gasteiger partial charge < -0.3 is 9.47 Å². The predicted molar refractivity (Wildman–Crippen MR) is 74.3 cm³/mol. The van der Waals surface area contributed by atoms with Crippen LogP contribution in [0.25, 0.3) is 0 Å². The summed E-state index contributed by atoms with van der Waals surface area (Å²) in [6.07, 6.45) is 1.69. The zero-order valence-corrected chi connectivity index (χ0v) is 12.1. The molecule has 4 heteroatoms. The number of carbonyl (C=O) groups is 1. The normalized spacial score (nSPS) is 22.9. The van der Waals surface area contributed by atoms with E-state index in [1.165, 1.54) is 0 Å². The molecule has 0 aromatic heterocycles. The van der Waals surface area contributed by atoms with Crippen LogP contribution in [-0.4, -0.2) is 24.8 Å². The molecule has 2 rings (SSSR count). The van der Waals surface area contributed by atoms with Crippen molar-refractivity contribution in [2.45, 2.75) is 32.3 Å². The van der Waals surface area contributed by atoms with Gasteiger partial charge in [-0.25, -0.2) is 4.79 Å². The Morgan fingerprint density at radius 1 is 1.53 bits per heavy atom. The van der Waals surface area contributed by atoms with E-state index in [9.17, 15) is 4.79 Å². The molecule has 104 valence electrons. The highest BCUT2D eigenvalue weighted by Crippen LogP contribution is 2.39. The Kier molecular flexibility index (Phi) is 4.48. The van der Waals surface area contributed by atoms with E-state index in [0.717, 1.165) is 23.4 Å². The molecule has 0 saturated carbocycles. The van der Waals surface area contributed by atoms with Crippen molar-refractivity contribution in [3.05, 3.63) is 34.9 Å². The smallest absolute Gasteiger partial charge is 0.341 e. The number of hydrogen-bond donors (Lipinski definition) is 0. The van der Waals surface area contributed by atoms with Gasteiger partial charge in [-0.2, -0.15) is 0 Å².